The van der Waals surface area contributed by atoms with Crippen molar-refractivity contribution in [3.63, 3.8) is 0 Å². The van der Waals surface area contributed by atoms with Crippen LogP contribution in [-0.4, -0.2) is 10.8 Å². The molecule has 1 amide bonds. The van der Waals surface area contributed by atoms with Crippen LogP contribution >= 0.6 is 23.2 Å². The molecular formula is C21H17Cl2N3O3. The van der Waals surface area contributed by atoms with Gasteiger partial charge in [-0.3, -0.25) is 14.9 Å². The summed E-state index contributed by atoms with van der Waals surface area (Å²) < 4.78 is 0. The number of carbonyl (C=O) groups excluding carboxylic acids is 1. The number of nitrogens with one attached hydrogen (secondary N) is 2. The van der Waals surface area contributed by atoms with Crippen LogP contribution in [0.1, 0.15) is 28.9 Å². The number of hydrogen-bond donors (Lipinski definition) is 2. The predicted molar refractivity (Wildman–Crippen MR) is 116 cm³/mol. The monoisotopic (exact) mass is 429 g/mol. The summed E-state index contributed by atoms with van der Waals surface area (Å²) in [6.45, 7) is 2.01. The Hall–Kier alpha value is -3.09. The zero-order valence-electron chi connectivity index (χ0n) is 15.4. The second kappa shape index (κ2) is 8.94. The molecule has 0 heterocycles. The molecule has 0 aliphatic rings. The van der Waals surface area contributed by atoms with Crippen molar-refractivity contribution < 1.29 is 9.72 Å². The van der Waals surface area contributed by atoms with Gasteiger partial charge in [0.1, 0.15) is 5.56 Å². The largest absolute Gasteiger partial charge is 0.377 e. The molecule has 0 aliphatic heterocycles. The molecule has 0 bridgehead atoms. The van der Waals surface area contributed by atoms with Gasteiger partial charge >= 0.3 is 0 Å². The molecular weight excluding hydrogens is 413 g/mol. The molecule has 1 atom stereocenters. The first-order chi connectivity index (χ1) is 13.8. The van der Waals surface area contributed by atoms with Crippen molar-refractivity contribution in [1.29, 1.82) is 0 Å². The Morgan fingerprint density at radius 1 is 1.03 bits per heavy atom. The van der Waals surface area contributed by atoms with E-state index in [1.807, 2.05) is 37.3 Å². The molecule has 0 radical (unpaired) electrons. The molecule has 29 heavy (non-hydrogen) atoms. The van der Waals surface area contributed by atoms with E-state index in [0.717, 1.165) is 11.6 Å². The minimum Gasteiger partial charge on any atom is -0.377 e. The van der Waals surface area contributed by atoms with Crippen LogP contribution < -0.4 is 10.6 Å². The molecule has 3 rings (SSSR count). The van der Waals surface area contributed by atoms with Crippen LogP contribution in [0.2, 0.25) is 10.0 Å². The lowest BCUT2D eigenvalue weighted by molar-refractivity contribution is -0.385. The first kappa shape index (κ1) is 20.6. The van der Waals surface area contributed by atoms with E-state index in [9.17, 15) is 14.9 Å². The Bertz CT molecular complexity index is 1060. The molecule has 0 aromatic heterocycles. The molecule has 0 fully saturated rings. The zero-order chi connectivity index (χ0) is 21.0. The Morgan fingerprint density at radius 2 is 1.76 bits per heavy atom. The fraction of sp³-hybridized carbons (Fsp3) is 0.0952. The van der Waals surface area contributed by atoms with Crippen molar-refractivity contribution in [1.82, 2.24) is 0 Å². The van der Waals surface area contributed by atoms with Gasteiger partial charge in [-0.05, 0) is 42.8 Å². The summed E-state index contributed by atoms with van der Waals surface area (Å²) in [5.41, 5.74) is 1.78. The Kier molecular flexibility index (Phi) is 6.36. The van der Waals surface area contributed by atoms with Crippen LogP contribution in [-0.2, 0) is 0 Å². The third kappa shape index (κ3) is 5.04. The summed E-state index contributed by atoms with van der Waals surface area (Å²) in [4.78, 5) is 23.0. The van der Waals surface area contributed by atoms with E-state index in [4.69, 9.17) is 23.2 Å². The number of nitro benzene ring substituents is 1. The molecule has 6 nitrogen and oxygen atoms in total. The number of nitro groups is 1. The number of hydrogen-bond acceptors (Lipinski definition) is 4. The smallest absolute Gasteiger partial charge is 0.283 e. The fourth-order valence-electron chi connectivity index (χ4n) is 2.81. The normalized spacial score (nSPS) is 11.6. The summed E-state index contributed by atoms with van der Waals surface area (Å²) in [5, 5.41) is 17.7. The maximum Gasteiger partial charge on any atom is 0.283 e. The average molecular weight is 430 g/mol. The van der Waals surface area contributed by atoms with E-state index in [2.05, 4.69) is 10.6 Å². The summed E-state index contributed by atoms with van der Waals surface area (Å²) in [6, 6.07) is 18.8. The molecule has 1 unspecified atom stereocenters. The van der Waals surface area contributed by atoms with Gasteiger partial charge in [-0.15, -0.1) is 0 Å². The molecule has 0 saturated carbocycles. The average Bonchev–Trinajstić information content (AvgIpc) is 2.70. The minimum atomic E-state index is -0.647. The van der Waals surface area contributed by atoms with Crippen LogP contribution in [0, 0.1) is 10.1 Å². The number of nitrogens with zero attached hydrogens (tertiary/aromatic N) is 1. The molecule has 0 saturated heterocycles. The molecule has 2 N–H and O–H groups in total. The predicted octanol–water partition coefficient (Wildman–Crippen LogP) is 6.33. The number of halogens is 2. The van der Waals surface area contributed by atoms with E-state index < -0.39 is 10.8 Å². The van der Waals surface area contributed by atoms with Gasteiger partial charge in [0.25, 0.3) is 11.6 Å². The molecule has 0 spiro atoms. The number of benzene rings is 3. The first-order valence-corrected chi connectivity index (χ1v) is 9.47. The minimum absolute atomic E-state index is 0.0332. The quantitative estimate of drug-likeness (QED) is 0.354. The second-order valence-electron chi connectivity index (χ2n) is 6.34. The Balaban J connectivity index is 1.76. The highest BCUT2D eigenvalue weighted by Crippen LogP contribution is 2.30. The van der Waals surface area contributed by atoms with Crippen molar-refractivity contribution in [3.8, 4) is 0 Å². The van der Waals surface area contributed by atoms with Gasteiger partial charge in [-0.25, -0.2) is 0 Å². The highest BCUT2D eigenvalue weighted by molar-refractivity contribution is 6.33. The molecule has 148 valence electrons. The van der Waals surface area contributed by atoms with Gasteiger partial charge in [0, 0.05) is 22.8 Å². The molecule has 8 heteroatoms. The van der Waals surface area contributed by atoms with Crippen LogP contribution in [0.25, 0.3) is 0 Å². The van der Waals surface area contributed by atoms with E-state index >= 15 is 0 Å². The molecule has 0 aliphatic carbocycles. The van der Waals surface area contributed by atoms with Crippen molar-refractivity contribution in [2.75, 3.05) is 10.6 Å². The topological polar surface area (TPSA) is 84.3 Å². The highest BCUT2D eigenvalue weighted by Gasteiger charge is 2.21. The summed E-state index contributed by atoms with van der Waals surface area (Å²) in [6.07, 6.45) is 0. The van der Waals surface area contributed by atoms with Crippen molar-refractivity contribution >= 4 is 46.2 Å². The van der Waals surface area contributed by atoms with Gasteiger partial charge < -0.3 is 10.6 Å². The second-order valence-corrected chi connectivity index (χ2v) is 7.19. The number of carbonyl (C=O) groups is 1. The number of rotatable bonds is 6. The SMILES string of the molecule is CC(Nc1ccc(NC(=O)c2ccc(Cl)cc2[N+](=O)[O-])cc1Cl)c1ccccc1. The van der Waals surface area contributed by atoms with Crippen LogP contribution in [0.5, 0.6) is 0 Å². The lowest BCUT2D eigenvalue weighted by Crippen LogP contribution is -2.14. The van der Waals surface area contributed by atoms with E-state index in [1.165, 1.54) is 12.1 Å². The third-order valence-corrected chi connectivity index (χ3v) is 4.85. The van der Waals surface area contributed by atoms with E-state index in [1.54, 1.807) is 18.2 Å². The fourth-order valence-corrected chi connectivity index (χ4v) is 3.22. The van der Waals surface area contributed by atoms with Crippen molar-refractivity contribution in [3.05, 3.63) is 98.0 Å². The van der Waals surface area contributed by atoms with Gasteiger partial charge in [0.05, 0.1) is 15.6 Å². The van der Waals surface area contributed by atoms with Crippen molar-refractivity contribution in [2.24, 2.45) is 0 Å². The lowest BCUT2D eigenvalue weighted by atomic mass is 10.1. The zero-order valence-corrected chi connectivity index (χ0v) is 16.9. The van der Waals surface area contributed by atoms with Crippen LogP contribution in [0.3, 0.4) is 0 Å². The molecule has 3 aromatic carbocycles. The maximum atomic E-state index is 12.5. The third-order valence-electron chi connectivity index (χ3n) is 4.30. The van der Waals surface area contributed by atoms with Crippen molar-refractivity contribution in [2.45, 2.75) is 13.0 Å². The summed E-state index contributed by atoms with van der Waals surface area (Å²) >= 11 is 12.1. The Labute approximate surface area is 177 Å². The van der Waals surface area contributed by atoms with Gasteiger partial charge in [0.2, 0.25) is 0 Å². The first-order valence-electron chi connectivity index (χ1n) is 8.71. The maximum absolute atomic E-state index is 12.5. The van der Waals surface area contributed by atoms with Crippen LogP contribution in [0.4, 0.5) is 17.1 Å². The lowest BCUT2D eigenvalue weighted by Gasteiger charge is -2.17. The standard InChI is InChI=1S/C21H17Cl2N3O3/c1-13(14-5-3-2-4-6-14)24-19-10-8-16(12-18(19)23)25-21(27)17-9-7-15(22)11-20(17)26(28)29/h2-13,24H,1H3,(H,25,27). The van der Waals surface area contributed by atoms with E-state index in [-0.39, 0.29) is 22.3 Å². The van der Waals surface area contributed by atoms with Crippen LogP contribution in [0.15, 0.2) is 66.7 Å². The van der Waals surface area contributed by atoms with E-state index in [0.29, 0.717) is 16.4 Å². The summed E-state index contributed by atoms with van der Waals surface area (Å²) in [7, 11) is 0. The Morgan fingerprint density at radius 3 is 2.41 bits per heavy atom. The highest BCUT2D eigenvalue weighted by atomic mass is 35.5. The van der Waals surface area contributed by atoms with Gasteiger partial charge in [-0.2, -0.15) is 0 Å². The molecule has 3 aromatic rings. The van der Waals surface area contributed by atoms with Gasteiger partial charge in [-0.1, -0.05) is 53.5 Å². The number of anilines is 2. The summed E-state index contributed by atoms with van der Waals surface area (Å²) in [5.74, 6) is -0.622. The van der Waals surface area contributed by atoms with Gasteiger partial charge in [0.15, 0.2) is 0 Å². The number of amides is 1.